The molecule has 8 heteroatoms. The standard InChI is InChI=1S/C18H19ClF2N2O3/c1-3-11-4-5-14(10(2)8-11)22-17-12(18(25)23-26-7-6-24)9-13(19)15(20)16(17)21/h4-5,8-9,22,24H,3,6-7H2,1-2H3,(H,23,25). The average molecular weight is 385 g/mol. The zero-order valence-electron chi connectivity index (χ0n) is 14.3. The maximum absolute atomic E-state index is 14.5. The van der Waals surface area contributed by atoms with Crippen molar-refractivity contribution in [2.45, 2.75) is 20.3 Å². The van der Waals surface area contributed by atoms with Crippen molar-refractivity contribution in [3.8, 4) is 0 Å². The fourth-order valence-corrected chi connectivity index (χ4v) is 2.53. The highest BCUT2D eigenvalue weighted by atomic mass is 35.5. The monoisotopic (exact) mass is 384 g/mol. The van der Waals surface area contributed by atoms with Gasteiger partial charge in [0.1, 0.15) is 0 Å². The zero-order chi connectivity index (χ0) is 19.3. The van der Waals surface area contributed by atoms with Gasteiger partial charge in [0.2, 0.25) is 0 Å². The summed E-state index contributed by atoms with van der Waals surface area (Å²) in [7, 11) is 0. The molecule has 0 aliphatic heterocycles. The van der Waals surface area contributed by atoms with Gasteiger partial charge in [-0.25, -0.2) is 14.3 Å². The van der Waals surface area contributed by atoms with Crippen molar-refractivity contribution in [2.75, 3.05) is 18.5 Å². The van der Waals surface area contributed by atoms with Crippen LogP contribution in [-0.4, -0.2) is 24.2 Å². The van der Waals surface area contributed by atoms with Crippen LogP contribution in [0.15, 0.2) is 24.3 Å². The number of hydrogen-bond acceptors (Lipinski definition) is 4. The molecule has 0 aliphatic rings. The van der Waals surface area contributed by atoms with E-state index in [4.69, 9.17) is 21.5 Å². The van der Waals surface area contributed by atoms with Gasteiger partial charge < -0.3 is 10.4 Å². The number of aliphatic hydroxyl groups excluding tert-OH is 1. The molecule has 0 bridgehead atoms. The van der Waals surface area contributed by atoms with Crippen LogP contribution in [0, 0.1) is 18.6 Å². The summed E-state index contributed by atoms with van der Waals surface area (Å²) < 4.78 is 28.4. The maximum atomic E-state index is 14.5. The van der Waals surface area contributed by atoms with Gasteiger partial charge >= 0.3 is 0 Å². The number of amides is 1. The van der Waals surface area contributed by atoms with Crippen molar-refractivity contribution in [2.24, 2.45) is 0 Å². The highest BCUT2D eigenvalue weighted by Gasteiger charge is 2.23. The number of anilines is 2. The Kier molecular flexibility index (Phi) is 6.90. The van der Waals surface area contributed by atoms with Gasteiger partial charge in [0.25, 0.3) is 5.91 Å². The van der Waals surface area contributed by atoms with Crippen LogP contribution in [-0.2, 0) is 11.3 Å². The number of benzene rings is 2. The minimum Gasteiger partial charge on any atom is -0.394 e. The van der Waals surface area contributed by atoms with Crippen LogP contribution in [0.25, 0.3) is 0 Å². The first-order valence-corrected chi connectivity index (χ1v) is 8.33. The van der Waals surface area contributed by atoms with Crippen molar-refractivity contribution in [1.29, 1.82) is 0 Å². The Morgan fingerprint density at radius 2 is 2.00 bits per heavy atom. The Morgan fingerprint density at radius 1 is 1.27 bits per heavy atom. The second-order valence-electron chi connectivity index (χ2n) is 5.54. The lowest BCUT2D eigenvalue weighted by molar-refractivity contribution is 0.0168. The summed E-state index contributed by atoms with van der Waals surface area (Å²) in [5.41, 5.74) is 3.88. The first-order chi connectivity index (χ1) is 12.4. The van der Waals surface area contributed by atoms with E-state index in [-0.39, 0.29) is 24.5 Å². The van der Waals surface area contributed by atoms with Crippen molar-refractivity contribution in [1.82, 2.24) is 5.48 Å². The largest absolute Gasteiger partial charge is 0.394 e. The van der Waals surface area contributed by atoms with Gasteiger partial charge in [-0.05, 0) is 36.6 Å². The normalized spacial score (nSPS) is 10.7. The number of halogens is 3. The lowest BCUT2D eigenvalue weighted by Gasteiger charge is -2.16. The summed E-state index contributed by atoms with van der Waals surface area (Å²) in [6.07, 6.45) is 0.834. The van der Waals surface area contributed by atoms with E-state index in [9.17, 15) is 13.6 Å². The third-order valence-corrected chi connectivity index (χ3v) is 4.00. The van der Waals surface area contributed by atoms with Crippen molar-refractivity contribution in [3.63, 3.8) is 0 Å². The average Bonchev–Trinajstić information content (AvgIpc) is 2.63. The molecule has 2 rings (SSSR count). The van der Waals surface area contributed by atoms with Crippen LogP contribution in [0.5, 0.6) is 0 Å². The molecular weight excluding hydrogens is 366 g/mol. The molecule has 0 saturated carbocycles. The van der Waals surface area contributed by atoms with E-state index in [1.807, 2.05) is 31.5 Å². The highest BCUT2D eigenvalue weighted by molar-refractivity contribution is 6.31. The predicted octanol–water partition coefficient (Wildman–Crippen LogP) is 3.89. The summed E-state index contributed by atoms with van der Waals surface area (Å²) in [6, 6.07) is 6.50. The first-order valence-electron chi connectivity index (χ1n) is 7.96. The Balaban J connectivity index is 2.42. The van der Waals surface area contributed by atoms with Gasteiger partial charge in [-0.3, -0.25) is 9.63 Å². The number of aliphatic hydroxyl groups is 1. The molecule has 26 heavy (non-hydrogen) atoms. The molecule has 0 atom stereocenters. The maximum Gasteiger partial charge on any atom is 0.277 e. The molecule has 0 fully saturated rings. The number of aryl methyl sites for hydroxylation is 2. The van der Waals surface area contributed by atoms with Crippen molar-refractivity contribution in [3.05, 3.63) is 57.6 Å². The fraction of sp³-hybridized carbons (Fsp3) is 0.278. The smallest absolute Gasteiger partial charge is 0.277 e. The minimum atomic E-state index is -1.27. The van der Waals surface area contributed by atoms with Crippen LogP contribution < -0.4 is 10.8 Å². The van der Waals surface area contributed by atoms with Gasteiger partial charge in [-0.15, -0.1) is 0 Å². The third kappa shape index (κ3) is 4.49. The SMILES string of the molecule is CCc1ccc(Nc2c(C(=O)NOCCO)cc(Cl)c(F)c2F)c(C)c1. The second-order valence-corrected chi connectivity index (χ2v) is 5.95. The van der Waals surface area contributed by atoms with E-state index < -0.39 is 22.6 Å². The third-order valence-electron chi connectivity index (χ3n) is 3.72. The summed E-state index contributed by atoms with van der Waals surface area (Å²) in [5, 5.41) is 10.9. The Morgan fingerprint density at radius 3 is 2.62 bits per heavy atom. The Labute approximate surface area is 154 Å². The summed E-state index contributed by atoms with van der Waals surface area (Å²) in [6.45, 7) is 3.36. The number of rotatable bonds is 7. The number of hydroxylamine groups is 1. The van der Waals surface area contributed by atoms with E-state index in [0.717, 1.165) is 23.6 Å². The molecule has 0 spiro atoms. The number of carbonyl (C=O) groups excluding carboxylic acids is 1. The molecular formula is C18H19ClF2N2O3. The number of hydrogen-bond donors (Lipinski definition) is 3. The number of nitrogens with one attached hydrogen (secondary N) is 2. The summed E-state index contributed by atoms with van der Waals surface area (Å²) in [4.78, 5) is 17.0. The number of carbonyl (C=O) groups is 1. The Hall–Kier alpha value is -2.22. The van der Waals surface area contributed by atoms with Gasteiger partial charge in [-0.2, -0.15) is 0 Å². The van der Waals surface area contributed by atoms with Gasteiger partial charge in [0.15, 0.2) is 11.6 Å². The molecule has 2 aromatic carbocycles. The second kappa shape index (κ2) is 8.93. The van der Waals surface area contributed by atoms with Crippen LogP contribution in [0.1, 0.15) is 28.4 Å². The molecule has 0 heterocycles. The molecule has 2 aromatic rings. The molecule has 0 aliphatic carbocycles. The molecule has 0 aromatic heterocycles. The molecule has 0 saturated heterocycles. The lowest BCUT2D eigenvalue weighted by atomic mass is 10.1. The highest BCUT2D eigenvalue weighted by Crippen LogP contribution is 2.32. The molecule has 0 radical (unpaired) electrons. The van der Waals surface area contributed by atoms with E-state index in [0.29, 0.717) is 5.69 Å². The van der Waals surface area contributed by atoms with Crippen LogP contribution >= 0.6 is 11.6 Å². The predicted molar refractivity (Wildman–Crippen MR) is 95.7 cm³/mol. The quantitative estimate of drug-likeness (QED) is 0.385. The van der Waals surface area contributed by atoms with Crippen molar-refractivity contribution >= 4 is 28.9 Å². The molecule has 0 unspecified atom stereocenters. The first kappa shape index (κ1) is 20.1. The molecule has 5 nitrogen and oxygen atoms in total. The zero-order valence-corrected chi connectivity index (χ0v) is 15.1. The van der Waals surface area contributed by atoms with Crippen LogP contribution in [0.3, 0.4) is 0 Å². The van der Waals surface area contributed by atoms with E-state index in [2.05, 4.69) is 5.32 Å². The summed E-state index contributed by atoms with van der Waals surface area (Å²) in [5.74, 6) is -3.36. The van der Waals surface area contributed by atoms with E-state index >= 15 is 0 Å². The van der Waals surface area contributed by atoms with E-state index in [1.54, 1.807) is 6.07 Å². The van der Waals surface area contributed by atoms with Gasteiger partial charge in [0, 0.05) is 5.69 Å². The van der Waals surface area contributed by atoms with Gasteiger partial charge in [-0.1, -0.05) is 30.7 Å². The minimum absolute atomic E-state index is 0.149. The Bertz CT molecular complexity index is 816. The molecule has 1 amide bonds. The van der Waals surface area contributed by atoms with Crippen LogP contribution in [0.2, 0.25) is 5.02 Å². The topological polar surface area (TPSA) is 70.6 Å². The lowest BCUT2D eigenvalue weighted by Crippen LogP contribution is -2.26. The summed E-state index contributed by atoms with van der Waals surface area (Å²) >= 11 is 5.67. The fourth-order valence-electron chi connectivity index (χ4n) is 2.33. The molecule has 140 valence electrons. The van der Waals surface area contributed by atoms with Crippen molar-refractivity contribution < 1.29 is 23.5 Å². The molecule has 3 N–H and O–H groups in total. The van der Waals surface area contributed by atoms with E-state index in [1.165, 1.54) is 0 Å². The van der Waals surface area contributed by atoms with Crippen LogP contribution in [0.4, 0.5) is 20.2 Å². The van der Waals surface area contributed by atoms with Gasteiger partial charge in [0.05, 0.1) is 29.5 Å².